The molecule has 0 aliphatic heterocycles. The second kappa shape index (κ2) is 3.14. The van der Waals surface area contributed by atoms with Gasteiger partial charge in [-0.25, -0.2) is 0 Å². The van der Waals surface area contributed by atoms with Gasteiger partial charge in [0.25, 0.3) is 0 Å². The SMILES string of the molecule is [O]c1nocc1Oc1ccncc1. The van der Waals surface area contributed by atoms with E-state index in [0.717, 1.165) is 6.26 Å². The van der Waals surface area contributed by atoms with Crippen molar-refractivity contribution in [3.63, 3.8) is 0 Å². The summed E-state index contributed by atoms with van der Waals surface area (Å²) in [6, 6.07) is 3.26. The maximum absolute atomic E-state index is 10.9. The van der Waals surface area contributed by atoms with Gasteiger partial charge in [-0.05, 0) is 17.3 Å². The minimum atomic E-state index is -0.517. The monoisotopic (exact) mass is 177 g/mol. The van der Waals surface area contributed by atoms with Crippen LogP contribution in [-0.2, 0) is 5.11 Å². The Morgan fingerprint density at radius 2 is 2.08 bits per heavy atom. The molecular weight excluding hydrogens is 172 g/mol. The van der Waals surface area contributed by atoms with Gasteiger partial charge in [0, 0.05) is 12.4 Å². The van der Waals surface area contributed by atoms with Gasteiger partial charge in [0.05, 0.1) is 0 Å². The summed E-state index contributed by atoms with van der Waals surface area (Å²) in [4.78, 5) is 3.80. The van der Waals surface area contributed by atoms with E-state index in [2.05, 4.69) is 14.7 Å². The van der Waals surface area contributed by atoms with E-state index in [1.165, 1.54) is 0 Å². The summed E-state index contributed by atoms with van der Waals surface area (Å²) in [6.07, 6.45) is 4.28. The van der Waals surface area contributed by atoms with Crippen LogP contribution in [-0.4, -0.2) is 10.1 Å². The number of aromatic nitrogens is 2. The molecule has 0 saturated carbocycles. The third-order valence-electron chi connectivity index (χ3n) is 1.38. The second-order valence-corrected chi connectivity index (χ2v) is 2.27. The van der Waals surface area contributed by atoms with Gasteiger partial charge in [-0.15, -0.1) is 0 Å². The molecule has 0 aliphatic rings. The molecule has 0 N–H and O–H groups in total. The molecule has 0 bridgehead atoms. The Morgan fingerprint density at radius 3 is 2.69 bits per heavy atom. The summed E-state index contributed by atoms with van der Waals surface area (Å²) in [5.74, 6) is 0.0818. The molecule has 0 fully saturated rings. The van der Waals surface area contributed by atoms with Crippen molar-refractivity contribution in [1.82, 2.24) is 10.1 Å². The van der Waals surface area contributed by atoms with Crippen LogP contribution in [0.3, 0.4) is 0 Å². The molecule has 2 rings (SSSR count). The van der Waals surface area contributed by atoms with Crippen LogP contribution in [0.4, 0.5) is 0 Å². The Bertz CT molecular complexity index is 385. The predicted molar refractivity (Wildman–Crippen MR) is 40.9 cm³/mol. The smallest absolute Gasteiger partial charge is 0.350 e. The number of nitrogens with zero attached hydrogens (tertiary/aromatic N) is 2. The van der Waals surface area contributed by atoms with E-state index in [9.17, 15) is 5.11 Å². The molecule has 0 spiro atoms. The molecule has 5 heteroatoms. The van der Waals surface area contributed by atoms with Crippen LogP contribution in [0.5, 0.6) is 17.4 Å². The zero-order valence-electron chi connectivity index (χ0n) is 6.51. The highest BCUT2D eigenvalue weighted by molar-refractivity contribution is 5.32. The molecule has 2 aromatic heterocycles. The van der Waals surface area contributed by atoms with Crippen molar-refractivity contribution in [2.75, 3.05) is 0 Å². The van der Waals surface area contributed by atoms with Crippen molar-refractivity contribution in [2.45, 2.75) is 0 Å². The fraction of sp³-hybridized carbons (Fsp3) is 0. The molecule has 0 saturated heterocycles. The van der Waals surface area contributed by atoms with E-state index in [1.54, 1.807) is 24.5 Å². The van der Waals surface area contributed by atoms with Gasteiger partial charge in [-0.2, -0.15) is 0 Å². The average molecular weight is 177 g/mol. The van der Waals surface area contributed by atoms with Crippen LogP contribution in [0.1, 0.15) is 0 Å². The molecule has 13 heavy (non-hydrogen) atoms. The molecule has 0 amide bonds. The van der Waals surface area contributed by atoms with Crippen molar-refractivity contribution in [3.05, 3.63) is 30.8 Å². The standard InChI is InChI=1S/C8H5N2O3/c11-8-7(5-12-10-8)13-6-1-3-9-4-2-6/h1-5H. The van der Waals surface area contributed by atoms with E-state index in [1.807, 2.05) is 0 Å². The minimum absolute atomic E-state index is 0.0752. The fourth-order valence-corrected chi connectivity index (χ4v) is 0.818. The molecule has 0 unspecified atom stereocenters. The zero-order valence-corrected chi connectivity index (χ0v) is 6.51. The lowest BCUT2D eigenvalue weighted by atomic mass is 10.4. The van der Waals surface area contributed by atoms with Crippen LogP contribution >= 0.6 is 0 Å². The number of pyridine rings is 1. The summed E-state index contributed by atoms with van der Waals surface area (Å²) in [5, 5.41) is 14.0. The zero-order chi connectivity index (χ0) is 9.10. The first kappa shape index (κ1) is 7.60. The fourth-order valence-electron chi connectivity index (χ4n) is 0.818. The maximum Gasteiger partial charge on any atom is 0.350 e. The van der Waals surface area contributed by atoms with Crippen molar-refractivity contribution in [3.8, 4) is 17.4 Å². The highest BCUT2D eigenvalue weighted by atomic mass is 16.5. The van der Waals surface area contributed by atoms with E-state index in [-0.39, 0.29) is 5.75 Å². The first-order chi connectivity index (χ1) is 6.36. The Labute approximate surface area is 73.6 Å². The van der Waals surface area contributed by atoms with Gasteiger partial charge >= 0.3 is 5.88 Å². The highest BCUT2D eigenvalue weighted by Gasteiger charge is 2.09. The third kappa shape index (κ3) is 1.58. The molecule has 65 valence electrons. The van der Waals surface area contributed by atoms with Gasteiger partial charge in [-0.3, -0.25) is 10.1 Å². The maximum atomic E-state index is 10.9. The van der Waals surface area contributed by atoms with Crippen LogP contribution in [0.25, 0.3) is 0 Å². The Balaban J connectivity index is 2.20. The summed E-state index contributed by atoms with van der Waals surface area (Å²) >= 11 is 0. The Hall–Kier alpha value is -2.04. The van der Waals surface area contributed by atoms with E-state index >= 15 is 0 Å². The quantitative estimate of drug-likeness (QED) is 0.703. The molecule has 5 nitrogen and oxygen atoms in total. The van der Waals surface area contributed by atoms with Crippen molar-refractivity contribution in [1.29, 1.82) is 0 Å². The van der Waals surface area contributed by atoms with E-state index in [0.29, 0.717) is 5.75 Å². The molecule has 2 heterocycles. The number of hydrogen-bond donors (Lipinski definition) is 0. The number of ether oxygens (including phenoxy) is 1. The normalized spacial score (nSPS) is 9.85. The molecular formula is C8H5N2O3. The Kier molecular flexibility index (Phi) is 1.84. The highest BCUT2D eigenvalue weighted by Crippen LogP contribution is 2.28. The van der Waals surface area contributed by atoms with E-state index in [4.69, 9.17) is 4.74 Å². The van der Waals surface area contributed by atoms with E-state index < -0.39 is 5.88 Å². The summed E-state index contributed by atoms with van der Waals surface area (Å²) in [7, 11) is 0. The lowest BCUT2D eigenvalue weighted by Gasteiger charge is -1.98. The molecule has 1 radical (unpaired) electrons. The van der Waals surface area contributed by atoms with Gasteiger partial charge in [0.15, 0.2) is 6.26 Å². The molecule has 2 aromatic rings. The van der Waals surface area contributed by atoms with Crippen molar-refractivity contribution < 1.29 is 14.4 Å². The minimum Gasteiger partial charge on any atom is -0.448 e. The molecule has 0 aromatic carbocycles. The van der Waals surface area contributed by atoms with Crippen LogP contribution < -0.4 is 4.74 Å². The van der Waals surface area contributed by atoms with Crippen molar-refractivity contribution >= 4 is 0 Å². The van der Waals surface area contributed by atoms with Crippen LogP contribution in [0.2, 0.25) is 0 Å². The summed E-state index contributed by atoms with van der Waals surface area (Å²) < 4.78 is 9.55. The first-order valence-electron chi connectivity index (χ1n) is 3.55. The lowest BCUT2D eigenvalue weighted by molar-refractivity contribution is 0.289. The van der Waals surface area contributed by atoms with Gasteiger partial charge < -0.3 is 9.26 Å². The lowest BCUT2D eigenvalue weighted by Crippen LogP contribution is -1.81. The van der Waals surface area contributed by atoms with Crippen molar-refractivity contribution in [2.24, 2.45) is 0 Å². The summed E-state index contributed by atoms with van der Waals surface area (Å²) in [6.45, 7) is 0. The largest absolute Gasteiger partial charge is 0.448 e. The number of rotatable bonds is 2. The Morgan fingerprint density at radius 1 is 1.31 bits per heavy atom. The molecule has 0 aliphatic carbocycles. The third-order valence-corrected chi connectivity index (χ3v) is 1.38. The second-order valence-electron chi connectivity index (χ2n) is 2.27. The van der Waals surface area contributed by atoms with Crippen LogP contribution in [0, 0.1) is 0 Å². The predicted octanol–water partition coefficient (Wildman–Crippen LogP) is 2.01. The average Bonchev–Trinajstić information content (AvgIpc) is 2.54. The first-order valence-corrected chi connectivity index (χ1v) is 3.55. The van der Waals surface area contributed by atoms with Gasteiger partial charge in [0.1, 0.15) is 5.75 Å². The topological polar surface area (TPSA) is 68.0 Å². The number of hydrogen-bond acceptors (Lipinski definition) is 4. The van der Waals surface area contributed by atoms with Gasteiger partial charge in [0.2, 0.25) is 5.75 Å². The summed E-state index contributed by atoms with van der Waals surface area (Å²) in [5.41, 5.74) is 0. The van der Waals surface area contributed by atoms with Gasteiger partial charge in [-0.1, -0.05) is 0 Å². The molecule has 0 atom stereocenters. The van der Waals surface area contributed by atoms with Crippen LogP contribution in [0.15, 0.2) is 35.3 Å².